The molecule has 1 saturated heterocycles. The number of halogens is 1. The maximum absolute atomic E-state index is 5.44. The predicted octanol–water partition coefficient (Wildman–Crippen LogP) is 3.20. The van der Waals surface area contributed by atoms with Crippen molar-refractivity contribution in [2.75, 3.05) is 37.6 Å². The monoisotopic (exact) mass is 518 g/mol. The average molecular weight is 518 g/mol. The molecule has 1 aliphatic heterocycles. The van der Waals surface area contributed by atoms with Gasteiger partial charge in [0.1, 0.15) is 5.76 Å². The van der Waals surface area contributed by atoms with E-state index in [0.29, 0.717) is 6.54 Å². The zero-order valence-corrected chi connectivity index (χ0v) is 19.2. The zero-order valence-electron chi connectivity index (χ0n) is 16.9. The molecule has 30 heavy (non-hydrogen) atoms. The Bertz CT molecular complexity index is 881. The van der Waals surface area contributed by atoms with Crippen molar-refractivity contribution in [3.8, 4) is 0 Å². The van der Waals surface area contributed by atoms with Crippen molar-refractivity contribution in [2.45, 2.75) is 13.0 Å². The molecule has 0 radical (unpaired) electrons. The van der Waals surface area contributed by atoms with E-state index in [9.17, 15) is 0 Å². The molecule has 1 aliphatic rings. The van der Waals surface area contributed by atoms with E-state index in [2.05, 4.69) is 37.2 Å². The van der Waals surface area contributed by atoms with Gasteiger partial charge >= 0.3 is 0 Å². The number of nitrogens with zero attached hydrogens (tertiary/aromatic N) is 5. The van der Waals surface area contributed by atoms with Crippen LogP contribution in [0.5, 0.6) is 0 Å². The molecular weight excluding hydrogens is 491 g/mol. The third-order valence-electron chi connectivity index (χ3n) is 4.90. The second-order valence-electron chi connectivity index (χ2n) is 6.90. The molecule has 0 atom stereocenters. The standard InChI is InChI=1S/C22H26N6O.HI/c1-2-6-19(7-3-1)18-26-22(25-12-9-20-8-4-17-29-20)28-15-13-27(14-16-28)21-23-10-5-11-24-21;/h1-8,10-11,17H,9,12-16,18H2,(H,25,26);1H. The lowest BCUT2D eigenvalue weighted by atomic mass is 10.2. The Hall–Kier alpha value is -2.62. The Morgan fingerprint density at radius 2 is 1.73 bits per heavy atom. The van der Waals surface area contributed by atoms with Crippen LogP contribution in [0.4, 0.5) is 5.95 Å². The first-order valence-electron chi connectivity index (χ1n) is 10.00. The zero-order chi connectivity index (χ0) is 19.7. The van der Waals surface area contributed by atoms with Gasteiger partial charge in [-0.1, -0.05) is 30.3 Å². The molecule has 1 N–H and O–H groups in total. The van der Waals surface area contributed by atoms with Gasteiger partial charge in [-0.25, -0.2) is 15.0 Å². The maximum atomic E-state index is 5.44. The molecule has 0 amide bonds. The Kier molecular flexibility index (Phi) is 8.49. The highest BCUT2D eigenvalue weighted by atomic mass is 127. The smallest absolute Gasteiger partial charge is 0.225 e. The van der Waals surface area contributed by atoms with Gasteiger partial charge in [-0.2, -0.15) is 0 Å². The number of hydrogen-bond donors (Lipinski definition) is 1. The topological polar surface area (TPSA) is 69.8 Å². The van der Waals surface area contributed by atoms with Crippen LogP contribution in [0.1, 0.15) is 11.3 Å². The maximum Gasteiger partial charge on any atom is 0.225 e. The first-order chi connectivity index (χ1) is 14.4. The highest BCUT2D eigenvalue weighted by Crippen LogP contribution is 2.10. The fourth-order valence-corrected chi connectivity index (χ4v) is 3.34. The Labute approximate surface area is 194 Å². The van der Waals surface area contributed by atoms with E-state index < -0.39 is 0 Å². The Balaban J connectivity index is 0.00000256. The first-order valence-corrected chi connectivity index (χ1v) is 10.00. The van der Waals surface area contributed by atoms with E-state index >= 15 is 0 Å². The van der Waals surface area contributed by atoms with Gasteiger partial charge in [0, 0.05) is 51.5 Å². The third kappa shape index (κ3) is 6.19. The van der Waals surface area contributed by atoms with Crippen LogP contribution >= 0.6 is 24.0 Å². The van der Waals surface area contributed by atoms with Crippen LogP contribution in [0.25, 0.3) is 0 Å². The fourth-order valence-electron chi connectivity index (χ4n) is 3.34. The summed E-state index contributed by atoms with van der Waals surface area (Å²) in [7, 11) is 0. The number of hydrogen-bond acceptors (Lipinski definition) is 5. The quantitative estimate of drug-likeness (QED) is 0.307. The molecule has 2 aromatic heterocycles. The lowest BCUT2D eigenvalue weighted by molar-refractivity contribution is 0.368. The van der Waals surface area contributed by atoms with Crippen LogP contribution < -0.4 is 10.2 Å². The lowest BCUT2D eigenvalue weighted by Gasteiger charge is -2.36. The predicted molar refractivity (Wildman–Crippen MR) is 129 cm³/mol. The van der Waals surface area contributed by atoms with E-state index in [1.807, 2.05) is 36.4 Å². The summed E-state index contributed by atoms with van der Waals surface area (Å²) in [4.78, 5) is 18.1. The normalized spacial score (nSPS) is 14.3. The molecule has 3 aromatic rings. The minimum absolute atomic E-state index is 0. The summed E-state index contributed by atoms with van der Waals surface area (Å²) in [6.07, 6.45) is 6.12. The first kappa shape index (κ1) is 22.1. The van der Waals surface area contributed by atoms with Gasteiger partial charge in [-0.3, -0.25) is 0 Å². The van der Waals surface area contributed by atoms with Crippen molar-refractivity contribution in [2.24, 2.45) is 4.99 Å². The Morgan fingerprint density at radius 3 is 2.43 bits per heavy atom. The van der Waals surface area contributed by atoms with E-state index in [-0.39, 0.29) is 24.0 Å². The van der Waals surface area contributed by atoms with Gasteiger partial charge in [0.25, 0.3) is 0 Å². The molecule has 0 aliphatic carbocycles. The second-order valence-corrected chi connectivity index (χ2v) is 6.90. The summed E-state index contributed by atoms with van der Waals surface area (Å²) < 4.78 is 5.44. The van der Waals surface area contributed by atoms with Crippen molar-refractivity contribution in [1.82, 2.24) is 20.2 Å². The van der Waals surface area contributed by atoms with Crippen LogP contribution in [0.3, 0.4) is 0 Å². The molecule has 0 spiro atoms. The van der Waals surface area contributed by atoms with E-state index in [1.54, 1.807) is 18.7 Å². The Morgan fingerprint density at radius 1 is 0.967 bits per heavy atom. The summed E-state index contributed by atoms with van der Waals surface area (Å²) >= 11 is 0. The molecule has 158 valence electrons. The number of aliphatic imine (C=N–C) groups is 1. The van der Waals surface area contributed by atoms with Crippen molar-refractivity contribution >= 4 is 35.9 Å². The molecule has 4 rings (SSSR count). The van der Waals surface area contributed by atoms with Gasteiger partial charge in [0.15, 0.2) is 5.96 Å². The average Bonchev–Trinajstić information content (AvgIpc) is 3.31. The van der Waals surface area contributed by atoms with Gasteiger partial charge in [0.05, 0.1) is 12.8 Å². The molecule has 0 saturated carbocycles. The molecule has 0 bridgehead atoms. The minimum Gasteiger partial charge on any atom is -0.469 e. The number of anilines is 1. The van der Waals surface area contributed by atoms with E-state index in [4.69, 9.17) is 9.41 Å². The highest BCUT2D eigenvalue weighted by molar-refractivity contribution is 14.0. The lowest BCUT2D eigenvalue weighted by Crippen LogP contribution is -2.53. The van der Waals surface area contributed by atoms with Crippen molar-refractivity contribution in [1.29, 1.82) is 0 Å². The van der Waals surface area contributed by atoms with Gasteiger partial charge in [-0.05, 0) is 23.8 Å². The van der Waals surface area contributed by atoms with Crippen molar-refractivity contribution in [3.05, 3.63) is 78.5 Å². The number of guanidine groups is 1. The largest absolute Gasteiger partial charge is 0.469 e. The van der Waals surface area contributed by atoms with Crippen molar-refractivity contribution in [3.63, 3.8) is 0 Å². The summed E-state index contributed by atoms with van der Waals surface area (Å²) in [6.45, 7) is 4.93. The fraction of sp³-hybridized carbons (Fsp3) is 0.318. The van der Waals surface area contributed by atoms with Crippen LogP contribution in [0, 0.1) is 0 Å². The van der Waals surface area contributed by atoms with Gasteiger partial charge in [-0.15, -0.1) is 24.0 Å². The summed E-state index contributed by atoms with van der Waals surface area (Å²) in [5.41, 5.74) is 1.20. The van der Waals surface area contributed by atoms with Gasteiger partial charge < -0.3 is 19.5 Å². The molecule has 0 unspecified atom stereocenters. The number of rotatable bonds is 6. The number of benzene rings is 1. The molecule has 1 fully saturated rings. The summed E-state index contributed by atoms with van der Waals surface area (Å²) in [6, 6.07) is 16.1. The molecule has 3 heterocycles. The van der Waals surface area contributed by atoms with E-state index in [1.165, 1.54) is 5.56 Å². The van der Waals surface area contributed by atoms with Crippen LogP contribution in [0.15, 0.2) is 76.6 Å². The number of piperazine rings is 1. The van der Waals surface area contributed by atoms with E-state index in [0.717, 1.165) is 56.8 Å². The van der Waals surface area contributed by atoms with Crippen LogP contribution in [0.2, 0.25) is 0 Å². The number of nitrogens with one attached hydrogen (secondary N) is 1. The van der Waals surface area contributed by atoms with Crippen molar-refractivity contribution < 1.29 is 4.42 Å². The molecular formula is C22H27IN6O. The summed E-state index contributed by atoms with van der Waals surface area (Å²) in [5, 5.41) is 3.52. The molecule has 1 aromatic carbocycles. The molecule has 8 heteroatoms. The second kappa shape index (κ2) is 11.5. The number of aromatic nitrogens is 2. The van der Waals surface area contributed by atoms with Crippen LogP contribution in [-0.2, 0) is 13.0 Å². The van der Waals surface area contributed by atoms with Gasteiger partial charge in [0.2, 0.25) is 5.95 Å². The van der Waals surface area contributed by atoms with Crippen LogP contribution in [-0.4, -0.2) is 53.6 Å². The highest BCUT2D eigenvalue weighted by Gasteiger charge is 2.21. The third-order valence-corrected chi connectivity index (χ3v) is 4.90. The SMILES string of the molecule is I.c1ccc(CN=C(NCCc2ccco2)N2CCN(c3ncccn3)CC2)cc1. The number of furan rings is 1. The summed E-state index contributed by atoms with van der Waals surface area (Å²) in [5.74, 6) is 2.71. The minimum atomic E-state index is 0. The molecule has 7 nitrogen and oxygen atoms in total.